The first-order chi connectivity index (χ1) is 6.57. The average Bonchev–Trinajstić information content (AvgIpc) is 2.11. The largest absolute Gasteiger partial charge is 0.506 e. The molecule has 0 fully saturated rings. The van der Waals surface area contributed by atoms with Crippen molar-refractivity contribution in [3.8, 4) is 5.75 Å². The van der Waals surface area contributed by atoms with Crippen molar-refractivity contribution in [1.82, 2.24) is 0 Å². The van der Waals surface area contributed by atoms with Crippen LogP contribution in [0.4, 0.5) is 11.4 Å². The molecule has 0 aliphatic carbocycles. The van der Waals surface area contributed by atoms with E-state index in [0.29, 0.717) is 5.56 Å². The summed E-state index contributed by atoms with van der Waals surface area (Å²) in [6.07, 6.45) is 0.140. The number of hydrogen-bond donors (Lipinski definition) is 3. The fourth-order valence-electron chi connectivity index (χ4n) is 1.18. The van der Waals surface area contributed by atoms with Crippen LogP contribution in [0.1, 0.15) is 5.56 Å². The third kappa shape index (κ3) is 1.74. The number of hydrogen-bond acceptors (Lipinski definition) is 5. The quantitative estimate of drug-likeness (QED) is 0.282. The number of nitro groups is 1. The number of benzene rings is 1. The van der Waals surface area contributed by atoms with Crippen LogP contribution in [0.2, 0.25) is 0 Å². The second-order valence-electron chi connectivity index (χ2n) is 2.74. The van der Waals surface area contributed by atoms with E-state index in [0.717, 1.165) is 0 Å². The highest BCUT2D eigenvalue weighted by Gasteiger charge is 2.20. The van der Waals surface area contributed by atoms with E-state index in [2.05, 4.69) is 0 Å². The fourth-order valence-corrected chi connectivity index (χ4v) is 1.18. The predicted molar refractivity (Wildman–Crippen MR) is 50.0 cm³/mol. The Bertz CT molecular complexity index is 365. The third-order valence-electron chi connectivity index (χ3n) is 1.84. The molecule has 6 nitrogen and oxygen atoms in total. The van der Waals surface area contributed by atoms with Gasteiger partial charge in [0.2, 0.25) is 0 Å². The van der Waals surface area contributed by atoms with E-state index in [9.17, 15) is 10.1 Å². The molecule has 0 spiro atoms. The van der Waals surface area contributed by atoms with Gasteiger partial charge < -0.3 is 15.9 Å². The molecule has 0 aliphatic rings. The van der Waals surface area contributed by atoms with Gasteiger partial charge in [0.1, 0.15) is 5.75 Å². The first-order valence-corrected chi connectivity index (χ1v) is 3.93. The molecule has 0 atom stereocenters. The lowest BCUT2D eigenvalue weighted by Crippen LogP contribution is -2.02. The molecule has 1 rings (SSSR count). The Morgan fingerprint density at radius 2 is 2.14 bits per heavy atom. The summed E-state index contributed by atoms with van der Waals surface area (Å²) in [6, 6.07) is 2.65. The van der Waals surface area contributed by atoms with Crippen LogP contribution in [0.15, 0.2) is 12.1 Å². The standard InChI is InChI=1S/C8H10N2O4/c9-7-6(12)2-1-5(3-4-11)8(7)10(13)14/h1-2,11-12H,3-4,9H2. The zero-order valence-corrected chi connectivity index (χ0v) is 7.30. The van der Waals surface area contributed by atoms with Gasteiger partial charge in [-0.05, 0) is 12.1 Å². The number of phenolic OH excluding ortho intramolecular Hbond substituents is 1. The average molecular weight is 198 g/mol. The number of rotatable bonds is 3. The second kappa shape index (κ2) is 3.93. The summed E-state index contributed by atoms with van der Waals surface area (Å²) in [5, 5.41) is 28.4. The molecule has 6 heteroatoms. The molecule has 0 saturated heterocycles. The van der Waals surface area contributed by atoms with E-state index in [-0.39, 0.29) is 30.2 Å². The predicted octanol–water partition coefficient (Wildman–Crippen LogP) is 0.417. The summed E-state index contributed by atoms with van der Waals surface area (Å²) in [5.74, 6) is -0.321. The highest BCUT2D eigenvalue weighted by Crippen LogP contribution is 2.33. The van der Waals surface area contributed by atoms with Gasteiger partial charge in [-0.25, -0.2) is 0 Å². The van der Waals surface area contributed by atoms with Crippen LogP contribution in [0.25, 0.3) is 0 Å². The Balaban J connectivity index is 3.30. The highest BCUT2D eigenvalue weighted by atomic mass is 16.6. The van der Waals surface area contributed by atoms with Crippen LogP contribution >= 0.6 is 0 Å². The lowest BCUT2D eigenvalue weighted by atomic mass is 10.1. The lowest BCUT2D eigenvalue weighted by molar-refractivity contribution is -0.384. The molecule has 0 unspecified atom stereocenters. The van der Waals surface area contributed by atoms with Gasteiger partial charge in [-0.1, -0.05) is 0 Å². The van der Waals surface area contributed by atoms with Crippen molar-refractivity contribution in [2.75, 3.05) is 12.3 Å². The van der Waals surface area contributed by atoms with E-state index in [1.54, 1.807) is 0 Å². The number of nitrogen functional groups attached to an aromatic ring is 1. The molecule has 0 amide bonds. The van der Waals surface area contributed by atoms with E-state index in [4.69, 9.17) is 15.9 Å². The van der Waals surface area contributed by atoms with Crippen molar-refractivity contribution in [2.45, 2.75) is 6.42 Å². The molecule has 0 heterocycles. The zero-order valence-electron chi connectivity index (χ0n) is 7.30. The Kier molecular flexibility index (Phi) is 2.88. The summed E-state index contributed by atoms with van der Waals surface area (Å²) in [6.45, 7) is -0.203. The number of aromatic hydroxyl groups is 1. The van der Waals surface area contributed by atoms with E-state index in [1.807, 2.05) is 0 Å². The molecular formula is C8H10N2O4. The first-order valence-electron chi connectivity index (χ1n) is 3.93. The van der Waals surface area contributed by atoms with Gasteiger partial charge in [-0.3, -0.25) is 10.1 Å². The number of aliphatic hydroxyl groups excluding tert-OH is 1. The number of nitrogens with zero attached hydrogens (tertiary/aromatic N) is 1. The Labute approximate surface area is 79.7 Å². The van der Waals surface area contributed by atoms with E-state index in [1.165, 1.54) is 12.1 Å². The molecule has 1 aromatic rings. The monoisotopic (exact) mass is 198 g/mol. The van der Waals surface area contributed by atoms with Crippen molar-refractivity contribution >= 4 is 11.4 Å². The molecule has 14 heavy (non-hydrogen) atoms. The van der Waals surface area contributed by atoms with E-state index < -0.39 is 4.92 Å². The number of anilines is 1. The highest BCUT2D eigenvalue weighted by molar-refractivity contribution is 5.69. The topological polar surface area (TPSA) is 110 Å². The Hall–Kier alpha value is -1.82. The minimum absolute atomic E-state index is 0.140. The Morgan fingerprint density at radius 1 is 1.50 bits per heavy atom. The van der Waals surface area contributed by atoms with Gasteiger partial charge >= 0.3 is 0 Å². The van der Waals surface area contributed by atoms with Crippen LogP contribution in [-0.4, -0.2) is 21.7 Å². The zero-order chi connectivity index (χ0) is 10.7. The number of nitrogens with two attached hydrogens (primary N) is 1. The van der Waals surface area contributed by atoms with Crippen molar-refractivity contribution in [3.63, 3.8) is 0 Å². The third-order valence-corrected chi connectivity index (χ3v) is 1.84. The van der Waals surface area contributed by atoms with Crippen LogP contribution < -0.4 is 5.73 Å². The van der Waals surface area contributed by atoms with Gasteiger partial charge in [0.05, 0.1) is 4.92 Å². The summed E-state index contributed by atoms with van der Waals surface area (Å²) >= 11 is 0. The van der Waals surface area contributed by atoms with Gasteiger partial charge in [-0.15, -0.1) is 0 Å². The SMILES string of the molecule is Nc1c(O)ccc(CCO)c1[N+](=O)[O-]. The molecular weight excluding hydrogens is 188 g/mol. The molecule has 76 valence electrons. The second-order valence-corrected chi connectivity index (χ2v) is 2.74. The van der Waals surface area contributed by atoms with Crippen LogP contribution in [-0.2, 0) is 6.42 Å². The smallest absolute Gasteiger partial charge is 0.299 e. The summed E-state index contributed by atoms with van der Waals surface area (Å²) in [5.41, 5.74) is 5.06. The van der Waals surface area contributed by atoms with Gasteiger partial charge in [0, 0.05) is 18.6 Å². The maximum absolute atomic E-state index is 10.6. The summed E-state index contributed by atoms with van der Waals surface area (Å²) in [7, 11) is 0. The minimum Gasteiger partial charge on any atom is -0.506 e. The summed E-state index contributed by atoms with van der Waals surface area (Å²) in [4.78, 5) is 9.94. The minimum atomic E-state index is -0.667. The fraction of sp³-hybridized carbons (Fsp3) is 0.250. The lowest BCUT2D eigenvalue weighted by Gasteiger charge is -2.04. The molecule has 0 bridgehead atoms. The van der Waals surface area contributed by atoms with Crippen molar-refractivity contribution in [3.05, 3.63) is 27.8 Å². The van der Waals surface area contributed by atoms with Crippen LogP contribution in [0, 0.1) is 10.1 Å². The molecule has 0 aromatic heterocycles. The van der Waals surface area contributed by atoms with E-state index >= 15 is 0 Å². The van der Waals surface area contributed by atoms with Crippen molar-refractivity contribution < 1.29 is 15.1 Å². The normalized spacial score (nSPS) is 10.1. The van der Waals surface area contributed by atoms with Crippen molar-refractivity contribution in [2.24, 2.45) is 0 Å². The van der Waals surface area contributed by atoms with Crippen LogP contribution in [0.5, 0.6) is 5.75 Å². The van der Waals surface area contributed by atoms with Gasteiger partial charge in [0.15, 0.2) is 5.69 Å². The first kappa shape index (κ1) is 10.3. The Morgan fingerprint density at radius 3 is 2.64 bits per heavy atom. The number of nitro benzene ring substituents is 1. The molecule has 0 saturated carbocycles. The van der Waals surface area contributed by atoms with Crippen LogP contribution in [0.3, 0.4) is 0 Å². The summed E-state index contributed by atoms with van der Waals surface area (Å²) < 4.78 is 0. The maximum Gasteiger partial charge on any atom is 0.299 e. The van der Waals surface area contributed by atoms with Crippen molar-refractivity contribution in [1.29, 1.82) is 0 Å². The molecule has 1 aromatic carbocycles. The maximum atomic E-state index is 10.6. The van der Waals surface area contributed by atoms with Gasteiger partial charge in [-0.2, -0.15) is 0 Å². The molecule has 0 radical (unpaired) electrons. The molecule has 0 aliphatic heterocycles. The van der Waals surface area contributed by atoms with Gasteiger partial charge in [0.25, 0.3) is 5.69 Å². The number of phenols is 1. The number of aliphatic hydroxyl groups is 1. The molecule has 4 N–H and O–H groups in total.